The van der Waals surface area contributed by atoms with Crippen molar-refractivity contribution in [3.63, 3.8) is 0 Å². The monoisotopic (exact) mass is 269 g/mol. The van der Waals surface area contributed by atoms with Gasteiger partial charge in [0.05, 0.1) is 0 Å². The van der Waals surface area contributed by atoms with Gasteiger partial charge in [0.15, 0.2) is 0 Å². The molecule has 20 heavy (non-hydrogen) atoms. The van der Waals surface area contributed by atoms with Crippen molar-refractivity contribution in [2.75, 3.05) is 5.32 Å². The number of amidine groups is 1. The maximum atomic E-state index is 8.62. The van der Waals surface area contributed by atoms with Crippen molar-refractivity contribution in [3.05, 3.63) is 54.6 Å². The summed E-state index contributed by atoms with van der Waals surface area (Å²) in [5, 5.41) is 15.0. The number of oxime groups is 1. The van der Waals surface area contributed by atoms with Gasteiger partial charge in [-0.2, -0.15) is 0 Å². The number of nitrogens with one attached hydrogen (secondary N) is 1. The molecule has 0 aliphatic carbocycles. The van der Waals surface area contributed by atoms with Crippen LogP contribution in [0.15, 0.2) is 59.8 Å². The Bertz CT molecular complexity index is 581. The first kappa shape index (κ1) is 13.9. The van der Waals surface area contributed by atoms with Gasteiger partial charge in [-0.3, -0.25) is 0 Å². The van der Waals surface area contributed by atoms with Crippen LogP contribution in [-0.2, 0) is 0 Å². The van der Waals surface area contributed by atoms with Crippen molar-refractivity contribution in [2.45, 2.75) is 19.4 Å². The van der Waals surface area contributed by atoms with Crippen molar-refractivity contribution in [1.82, 2.24) is 0 Å². The van der Waals surface area contributed by atoms with Crippen LogP contribution < -0.4 is 11.1 Å². The molecule has 0 radical (unpaired) electrons. The summed E-state index contributed by atoms with van der Waals surface area (Å²) in [6.45, 7) is 2.00. The molecular weight excluding hydrogens is 250 g/mol. The molecule has 0 heterocycles. The summed E-state index contributed by atoms with van der Waals surface area (Å²) in [5.41, 5.74) is 8.87. The molecule has 0 aliphatic heterocycles. The van der Waals surface area contributed by atoms with E-state index in [1.54, 1.807) is 0 Å². The lowest BCUT2D eigenvalue weighted by Gasteiger charge is -2.17. The maximum Gasteiger partial charge on any atom is 0.141 e. The lowest BCUT2D eigenvalue weighted by atomic mass is 10.0. The van der Waals surface area contributed by atoms with Crippen LogP contribution in [-0.4, -0.2) is 17.1 Å². The molecule has 4 heteroatoms. The second kappa shape index (κ2) is 6.61. The van der Waals surface area contributed by atoms with Gasteiger partial charge < -0.3 is 16.3 Å². The molecule has 1 atom stereocenters. The van der Waals surface area contributed by atoms with Crippen molar-refractivity contribution < 1.29 is 5.21 Å². The smallest absolute Gasteiger partial charge is 0.141 e. The zero-order chi connectivity index (χ0) is 14.4. The highest BCUT2D eigenvalue weighted by atomic mass is 16.4. The van der Waals surface area contributed by atoms with E-state index in [9.17, 15) is 0 Å². The fourth-order valence-electron chi connectivity index (χ4n) is 2.15. The number of anilines is 1. The van der Waals surface area contributed by atoms with Crippen molar-refractivity contribution >= 4 is 11.5 Å². The minimum Gasteiger partial charge on any atom is -0.409 e. The molecule has 2 rings (SSSR count). The van der Waals surface area contributed by atoms with E-state index in [1.165, 1.54) is 0 Å². The number of rotatable bonds is 5. The molecule has 0 amide bonds. The molecule has 2 aromatic rings. The highest BCUT2D eigenvalue weighted by Crippen LogP contribution is 2.28. The highest BCUT2D eigenvalue weighted by Gasteiger charge is 2.09. The Labute approximate surface area is 118 Å². The molecule has 4 nitrogen and oxygen atoms in total. The van der Waals surface area contributed by atoms with Crippen molar-refractivity contribution in [3.8, 4) is 11.1 Å². The number of nitrogens with two attached hydrogens (primary N) is 1. The van der Waals surface area contributed by atoms with Gasteiger partial charge in [0.25, 0.3) is 0 Å². The van der Waals surface area contributed by atoms with Gasteiger partial charge in [0.2, 0.25) is 0 Å². The molecular formula is C16H19N3O. The first-order valence-electron chi connectivity index (χ1n) is 6.58. The third kappa shape index (κ3) is 3.51. The molecule has 1 unspecified atom stereocenters. The van der Waals surface area contributed by atoms with Gasteiger partial charge in [-0.25, -0.2) is 0 Å². The zero-order valence-corrected chi connectivity index (χ0v) is 11.5. The molecule has 2 aromatic carbocycles. The molecule has 4 N–H and O–H groups in total. The molecule has 104 valence electrons. The van der Waals surface area contributed by atoms with E-state index >= 15 is 0 Å². The van der Waals surface area contributed by atoms with Crippen LogP contribution in [0.3, 0.4) is 0 Å². The normalized spacial score (nSPS) is 12.9. The summed E-state index contributed by atoms with van der Waals surface area (Å²) in [6, 6.07) is 18.4. The van der Waals surface area contributed by atoms with E-state index in [0.29, 0.717) is 6.42 Å². The Balaban J connectivity index is 2.21. The van der Waals surface area contributed by atoms with Crippen molar-refractivity contribution in [1.29, 1.82) is 0 Å². The van der Waals surface area contributed by atoms with E-state index in [0.717, 1.165) is 16.8 Å². The Hall–Kier alpha value is -2.49. The van der Waals surface area contributed by atoms with E-state index in [4.69, 9.17) is 10.9 Å². The van der Waals surface area contributed by atoms with Crippen LogP contribution in [0.2, 0.25) is 0 Å². The first-order valence-corrected chi connectivity index (χ1v) is 6.58. The average molecular weight is 269 g/mol. The third-order valence-electron chi connectivity index (χ3n) is 3.06. The fraction of sp³-hybridized carbons (Fsp3) is 0.188. The first-order chi connectivity index (χ1) is 9.70. The van der Waals surface area contributed by atoms with Crippen LogP contribution >= 0.6 is 0 Å². The third-order valence-corrected chi connectivity index (χ3v) is 3.06. The summed E-state index contributed by atoms with van der Waals surface area (Å²) in [5.74, 6) is 0.224. The Morgan fingerprint density at radius 1 is 1.15 bits per heavy atom. The summed E-state index contributed by atoms with van der Waals surface area (Å²) in [6.07, 6.45) is 0.486. The molecule has 0 saturated heterocycles. The minimum atomic E-state index is 0.0794. The molecule has 0 bridgehead atoms. The average Bonchev–Trinajstić information content (AvgIpc) is 2.48. The van der Waals surface area contributed by atoms with Gasteiger partial charge in [0.1, 0.15) is 5.84 Å². The second-order valence-electron chi connectivity index (χ2n) is 4.75. The SMILES string of the molecule is CC(CC(N)=NO)Nc1ccccc1-c1ccccc1. The van der Waals surface area contributed by atoms with E-state index in [1.807, 2.05) is 43.3 Å². The van der Waals surface area contributed by atoms with Crippen LogP contribution in [0.4, 0.5) is 5.69 Å². The Morgan fingerprint density at radius 2 is 1.80 bits per heavy atom. The maximum absolute atomic E-state index is 8.62. The Morgan fingerprint density at radius 3 is 2.50 bits per heavy atom. The van der Waals surface area contributed by atoms with Crippen molar-refractivity contribution in [2.24, 2.45) is 10.9 Å². The van der Waals surface area contributed by atoms with Crippen LogP contribution in [0.25, 0.3) is 11.1 Å². The quantitative estimate of drug-likeness (QED) is 0.337. The Kier molecular flexibility index (Phi) is 4.60. The predicted molar refractivity (Wildman–Crippen MR) is 83.0 cm³/mol. The highest BCUT2D eigenvalue weighted by molar-refractivity contribution is 5.82. The number of benzene rings is 2. The number of hydrogen-bond acceptors (Lipinski definition) is 3. The lowest BCUT2D eigenvalue weighted by Crippen LogP contribution is -2.24. The summed E-state index contributed by atoms with van der Waals surface area (Å²) in [4.78, 5) is 0. The van der Waals surface area contributed by atoms with Gasteiger partial charge in [-0.05, 0) is 18.6 Å². The van der Waals surface area contributed by atoms with Crippen LogP contribution in [0.5, 0.6) is 0 Å². The topological polar surface area (TPSA) is 70.6 Å². The minimum absolute atomic E-state index is 0.0794. The predicted octanol–water partition coefficient (Wildman–Crippen LogP) is 3.29. The second-order valence-corrected chi connectivity index (χ2v) is 4.75. The fourth-order valence-corrected chi connectivity index (χ4v) is 2.15. The molecule has 0 fully saturated rings. The number of para-hydroxylation sites is 1. The van der Waals surface area contributed by atoms with Gasteiger partial charge in [-0.1, -0.05) is 53.7 Å². The molecule has 0 aliphatic rings. The van der Waals surface area contributed by atoms with Gasteiger partial charge >= 0.3 is 0 Å². The summed E-state index contributed by atoms with van der Waals surface area (Å²) in [7, 11) is 0. The van der Waals surface area contributed by atoms with E-state index in [-0.39, 0.29) is 11.9 Å². The van der Waals surface area contributed by atoms with E-state index in [2.05, 4.69) is 28.7 Å². The molecule has 0 aromatic heterocycles. The largest absolute Gasteiger partial charge is 0.409 e. The molecule has 0 spiro atoms. The number of nitrogens with zero attached hydrogens (tertiary/aromatic N) is 1. The standard InChI is InChI=1S/C16H19N3O/c1-12(11-16(17)19-20)18-15-10-6-5-9-14(15)13-7-3-2-4-8-13/h2-10,12,18,20H,11H2,1H3,(H2,17,19). The van der Waals surface area contributed by atoms with Crippen LogP contribution in [0, 0.1) is 0 Å². The molecule has 0 saturated carbocycles. The van der Waals surface area contributed by atoms with Crippen LogP contribution in [0.1, 0.15) is 13.3 Å². The summed E-state index contributed by atoms with van der Waals surface area (Å²) >= 11 is 0. The van der Waals surface area contributed by atoms with Gasteiger partial charge in [0, 0.05) is 23.7 Å². The zero-order valence-electron chi connectivity index (χ0n) is 11.5. The van der Waals surface area contributed by atoms with Gasteiger partial charge in [-0.15, -0.1) is 0 Å². The lowest BCUT2D eigenvalue weighted by molar-refractivity contribution is 0.316. The summed E-state index contributed by atoms with van der Waals surface area (Å²) < 4.78 is 0. The number of hydrogen-bond donors (Lipinski definition) is 3. The van der Waals surface area contributed by atoms with E-state index < -0.39 is 0 Å².